The van der Waals surface area contributed by atoms with Gasteiger partial charge in [0.2, 0.25) is 0 Å². The summed E-state index contributed by atoms with van der Waals surface area (Å²) in [6.07, 6.45) is 1.99. The van der Waals surface area contributed by atoms with E-state index in [1.807, 2.05) is 49.5 Å². The number of carbonyl (C=O) groups excluding carboxylic acids is 1. The van der Waals surface area contributed by atoms with E-state index in [0.29, 0.717) is 18.1 Å². The topological polar surface area (TPSA) is 25.2 Å². The van der Waals surface area contributed by atoms with Gasteiger partial charge in [-0.05, 0) is 54.8 Å². The summed E-state index contributed by atoms with van der Waals surface area (Å²) in [5.41, 5.74) is 2.17. The fourth-order valence-corrected chi connectivity index (χ4v) is 3.52. The molecular weight excluding hydrogens is 387 g/mol. The van der Waals surface area contributed by atoms with Gasteiger partial charge in [-0.25, -0.2) is 4.39 Å². The lowest BCUT2D eigenvalue weighted by Gasteiger charge is -2.32. The van der Waals surface area contributed by atoms with Gasteiger partial charge in [-0.3, -0.25) is 4.79 Å². The monoisotopic (exact) mass is 412 g/mol. The van der Waals surface area contributed by atoms with E-state index >= 15 is 0 Å². The zero-order valence-electron chi connectivity index (χ0n) is 17.0. The molecule has 0 aliphatic carbocycles. The van der Waals surface area contributed by atoms with Crippen molar-refractivity contribution in [2.24, 2.45) is 5.92 Å². The highest BCUT2D eigenvalue weighted by atomic mass is 35.5. The Hall–Kier alpha value is -2.59. The Balaban J connectivity index is 1.88. The predicted molar refractivity (Wildman–Crippen MR) is 116 cm³/mol. The molecule has 3 aromatic rings. The maximum Gasteiger partial charge on any atom is 0.257 e. The van der Waals surface area contributed by atoms with Gasteiger partial charge in [-0.2, -0.15) is 0 Å². The highest BCUT2D eigenvalue weighted by Gasteiger charge is 2.26. The highest BCUT2D eigenvalue weighted by Crippen LogP contribution is 2.21. The molecule has 1 aromatic heterocycles. The number of benzene rings is 2. The first kappa shape index (κ1) is 21.1. The molecule has 0 spiro atoms. The van der Waals surface area contributed by atoms with Gasteiger partial charge in [0.05, 0.1) is 12.1 Å². The van der Waals surface area contributed by atoms with E-state index in [1.54, 1.807) is 23.1 Å². The van der Waals surface area contributed by atoms with Crippen LogP contribution in [0.4, 0.5) is 4.39 Å². The van der Waals surface area contributed by atoms with Gasteiger partial charge >= 0.3 is 0 Å². The molecule has 5 heteroatoms. The first-order valence-electron chi connectivity index (χ1n) is 9.80. The third-order valence-corrected chi connectivity index (χ3v) is 5.55. The maximum atomic E-state index is 14.3. The zero-order valence-corrected chi connectivity index (χ0v) is 17.7. The average molecular weight is 413 g/mol. The van der Waals surface area contributed by atoms with E-state index in [0.717, 1.165) is 11.3 Å². The Kier molecular flexibility index (Phi) is 6.75. The Morgan fingerprint density at radius 3 is 2.52 bits per heavy atom. The third-order valence-electron chi connectivity index (χ3n) is 5.32. The third kappa shape index (κ3) is 5.07. The number of carbonyl (C=O) groups is 1. The van der Waals surface area contributed by atoms with Crippen LogP contribution in [0, 0.1) is 11.7 Å². The quantitative estimate of drug-likeness (QED) is 0.466. The lowest BCUT2D eigenvalue weighted by Crippen LogP contribution is -2.41. The number of aromatic nitrogens is 1. The molecule has 152 valence electrons. The molecule has 1 amide bonds. The van der Waals surface area contributed by atoms with Crippen LogP contribution in [0.1, 0.15) is 42.4 Å². The van der Waals surface area contributed by atoms with Crippen LogP contribution < -0.4 is 0 Å². The Labute approximate surface area is 176 Å². The molecule has 1 heterocycles. The number of nitrogens with zero attached hydrogens (tertiary/aromatic N) is 2. The lowest BCUT2D eigenvalue weighted by atomic mass is 10.0. The van der Waals surface area contributed by atoms with E-state index in [9.17, 15) is 9.18 Å². The largest absolute Gasteiger partial charge is 0.345 e. The summed E-state index contributed by atoms with van der Waals surface area (Å²) >= 11 is 6.11. The van der Waals surface area contributed by atoms with Crippen LogP contribution in [-0.4, -0.2) is 21.4 Å². The number of rotatable bonds is 7. The SMILES string of the molecule is CC(C)[C@@H](C)N(Cc1cccn1Cc1cccc(Cl)c1)C(=O)c1ccccc1F. The fraction of sp³-hybridized carbons (Fsp3) is 0.292. The van der Waals surface area contributed by atoms with Crippen LogP contribution in [-0.2, 0) is 13.1 Å². The molecule has 0 bridgehead atoms. The van der Waals surface area contributed by atoms with Crippen molar-refractivity contribution in [2.45, 2.75) is 39.9 Å². The average Bonchev–Trinajstić information content (AvgIpc) is 3.12. The van der Waals surface area contributed by atoms with Gasteiger partial charge in [-0.15, -0.1) is 0 Å². The molecule has 0 aliphatic rings. The van der Waals surface area contributed by atoms with Crippen molar-refractivity contribution in [1.29, 1.82) is 0 Å². The van der Waals surface area contributed by atoms with E-state index < -0.39 is 5.82 Å². The minimum atomic E-state index is -0.493. The van der Waals surface area contributed by atoms with Gasteiger partial charge in [0.1, 0.15) is 5.82 Å². The molecule has 1 atom stereocenters. The van der Waals surface area contributed by atoms with Crippen molar-refractivity contribution in [3.8, 4) is 0 Å². The Morgan fingerprint density at radius 1 is 1.07 bits per heavy atom. The van der Waals surface area contributed by atoms with Crippen LogP contribution in [0.3, 0.4) is 0 Å². The predicted octanol–water partition coefficient (Wildman–Crippen LogP) is 6.02. The highest BCUT2D eigenvalue weighted by molar-refractivity contribution is 6.30. The summed E-state index contributed by atoms with van der Waals surface area (Å²) in [6.45, 7) is 7.20. The van der Waals surface area contributed by atoms with E-state index in [4.69, 9.17) is 11.6 Å². The number of hydrogen-bond donors (Lipinski definition) is 0. The number of halogens is 2. The molecule has 0 fully saturated rings. The fourth-order valence-electron chi connectivity index (χ4n) is 3.30. The van der Waals surface area contributed by atoms with Crippen LogP contribution in [0.25, 0.3) is 0 Å². The van der Waals surface area contributed by atoms with E-state index in [2.05, 4.69) is 18.4 Å². The first-order valence-corrected chi connectivity index (χ1v) is 10.2. The molecule has 29 heavy (non-hydrogen) atoms. The normalized spacial score (nSPS) is 12.2. The summed E-state index contributed by atoms with van der Waals surface area (Å²) in [5.74, 6) is -0.547. The number of hydrogen-bond acceptors (Lipinski definition) is 1. The minimum absolute atomic E-state index is 0.0448. The van der Waals surface area contributed by atoms with Crippen molar-refractivity contribution in [3.63, 3.8) is 0 Å². The minimum Gasteiger partial charge on any atom is -0.345 e. The second-order valence-electron chi connectivity index (χ2n) is 7.65. The van der Waals surface area contributed by atoms with Gasteiger partial charge in [-0.1, -0.05) is 49.7 Å². The maximum absolute atomic E-state index is 14.3. The molecule has 2 aromatic carbocycles. The smallest absolute Gasteiger partial charge is 0.257 e. The van der Waals surface area contributed by atoms with Gasteiger partial charge in [0, 0.05) is 29.5 Å². The lowest BCUT2D eigenvalue weighted by molar-refractivity contribution is 0.0618. The second kappa shape index (κ2) is 9.27. The molecule has 3 rings (SSSR count). The Morgan fingerprint density at radius 2 is 1.83 bits per heavy atom. The summed E-state index contributed by atoms with van der Waals surface area (Å²) in [7, 11) is 0. The van der Waals surface area contributed by atoms with Crippen LogP contribution in [0.5, 0.6) is 0 Å². The molecule has 0 unspecified atom stereocenters. The second-order valence-corrected chi connectivity index (χ2v) is 8.09. The summed E-state index contributed by atoms with van der Waals surface area (Å²) in [6, 6.07) is 17.8. The van der Waals surface area contributed by atoms with Gasteiger partial charge < -0.3 is 9.47 Å². The van der Waals surface area contributed by atoms with Gasteiger partial charge in [0.25, 0.3) is 5.91 Å². The number of amides is 1. The van der Waals surface area contributed by atoms with E-state index in [-0.39, 0.29) is 23.4 Å². The van der Waals surface area contributed by atoms with Crippen LogP contribution >= 0.6 is 11.6 Å². The molecule has 3 nitrogen and oxygen atoms in total. The summed E-state index contributed by atoms with van der Waals surface area (Å²) < 4.78 is 16.4. The van der Waals surface area contributed by atoms with Crippen molar-refractivity contribution >= 4 is 17.5 Å². The van der Waals surface area contributed by atoms with E-state index in [1.165, 1.54) is 6.07 Å². The molecule has 0 aliphatic heterocycles. The molecular formula is C24H26ClFN2O. The van der Waals surface area contributed by atoms with Crippen molar-refractivity contribution in [3.05, 3.63) is 94.5 Å². The zero-order chi connectivity index (χ0) is 21.0. The van der Waals surface area contributed by atoms with Crippen molar-refractivity contribution in [2.75, 3.05) is 0 Å². The molecule has 0 saturated heterocycles. The summed E-state index contributed by atoms with van der Waals surface area (Å²) in [5, 5.41) is 0.695. The molecule has 0 N–H and O–H groups in total. The van der Waals surface area contributed by atoms with Crippen LogP contribution in [0.2, 0.25) is 5.02 Å². The standard InChI is InChI=1S/C24H26ClFN2O/c1-17(2)18(3)28(24(29)22-11-4-5-12-23(22)26)16-21-10-7-13-27(21)15-19-8-6-9-20(25)14-19/h4-14,17-18H,15-16H2,1-3H3/t18-/m1/s1. The first-order chi connectivity index (χ1) is 13.9. The molecule has 0 radical (unpaired) electrons. The molecule has 0 saturated carbocycles. The summed E-state index contributed by atoms with van der Waals surface area (Å²) in [4.78, 5) is 15.0. The Bertz CT molecular complexity index is 982. The van der Waals surface area contributed by atoms with Gasteiger partial charge in [0.15, 0.2) is 0 Å². The van der Waals surface area contributed by atoms with Crippen LogP contribution in [0.15, 0.2) is 66.9 Å². The van der Waals surface area contributed by atoms with Crippen molar-refractivity contribution < 1.29 is 9.18 Å². The van der Waals surface area contributed by atoms with Crippen molar-refractivity contribution in [1.82, 2.24) is 9.47 Å².